The van der Waals surface area contributed by atoms with Gasteiger partial charge in [-0.05, 0) is 68.1 Å². The normalized spacial score (nSPS) is 25.8. The zero-order chi connectivity index (χ0) is 23.2. The molecule has 2 unspecified atom stereocenters. The lowest BCUT2D eigenvalue weighted by Crippen LogP contribution is -2.47. The number of carbonyl (C=O) groups is 2. The van der Waals surface area contributed by atoms with Gasteiger partial charge in [-0.1, -0.05) is 44.2 Å². The number of hydrogen-bond acceptors (Lipinski definition) is 4. The van der Waals surface area contributed by atoms with Crippen molar-refractivity contribution in [2.75, 3.05) is 26.2 Å². The number of nitrogens with zero attached hydrogens (tertiary/aromatic N) is 2. The van der Waals surface area contributed by atoms with Crippen molar-refractivity contribution < 1.29 is 14.7 Å². The van der Waals surface area contributed by atoms with Crippen LogP contribution in [0.15, 0.2) is 24.3 Å². The van der Waals surface area contributed by atoms with Gasteiger partial charge in [0.05, 0.1) is 0 Å². The quantitative estimate of drug-likeness (QED) is 0.563. The van der Waals surface area contributed by atoms with E-state index < -0.39 is 6.61 Å². The van der Waals surface area contributed by atoms with E-state index in [1.807, 2.05) is 17.0 Å². The summed E-state index contributed by atoms with van der Waals surface area (Å²) >= 11 is 0. The van der Waals surface area contributed by atoms with E-state index in [0.717, 1.165) is 38.3 Å². The first-order valence-corrected chi connectivity index (χ1v) is 13.1. The van der Waals surface area contributed by atoms with E-state index in [9.17, 15) is 14.7 Å². The molecule has 2 amide bonds. The molecule has 1 aromatic rings. The number of rotatable bonds is 10. The van der Waals surface area contributed by atoms with Gasteiger partial charge in [0.15, 0.2) is 0 Å². The molecule has 6 nitrogen and oxygen atoms in total. The molecule has 0 spiro atoms. The lowest BCUT2D eigenvalue weighted by atomic mass is 9.84. The highest BCUT2D eigenvalue weighted by atomic mass is 16.3. The number of nitrogens with two attached hydrogens (primary N) is 1. The Morgan fingerprint density at radius 2 is 1.76 bits per heavy atom. The minimum absolute atomic E-state index is 0.135. The van der Waals surface area contributed by atoms with Crippen molar-refractivity contribution in [3.63, 3.8) is 0 Å². The molecule has 2 aliphatic heterocycles. The van der Waals surface area contributed by atoms with Gasteiger partial charge in [0, 0.05) is 37.3 Å². The number of amides is 2. The number of carbonyl (C=O) groups excluding carboxylic acids is 2. The van der Waals surface area contributed by atoms with Crippen molar-refractivity contribution in [1.82, 2.24) is 9.80 Å². The number of aliphatic hydroxyl groups excluding tert-OH is 1. The van der Waals surface area contributed by atoms with Crippen molar-refractivity contribution in [2.45, 2.75) is 88.6 Å². The number of primary amides is 1. The Morgan fingerprint density at radius 3 is 2.42 bits per heavy atom. The number of benzene rings is 1. The first-order valence-electron chi connectivity index (χ1n) is 13.1. The van der Waals surface area contributed by atoms with Gasteiger partial charge in [0.2, 0.25) is 11.8 Å². The fourth-order valence-electron chi connectivity index (χ4n) is 6.60. The van der Waals surface area contributed by atoms with E-state index in [-0.39, 0.29) is 11.8 Å². The summed E-state index contributed by atoms with van der Waals surface area (Å²) in [4.78, 5) is 28.5. The summed E-state index contributed by atoms with van der Waals surface area (Å²) in [6.07, 6.45) is 13.6. The summed E-state index contributed by atoms with van der Waals surface area (Å²) < 4.78 is 0. The molecule has 0 aromatic heterocycles. The van der Waals surface area contributed by atoms with E-state index in [1.54, 1.807) is 6.07 Å². The van der Waals surface area contributed by atoms with Gasteiger partial charge >= 0.3 is 0 Å². The van der Waals surface area contributed by atoms with Gasteiger partial charge in [-0.2, -0.15) is 0 Å². The van der Waals surface area contributed by atoms with Crippen molar-refractivity contribution >= 4 is 11.8 Å². The second-order valence-corrected chi connectivity index (χ2v) is 10.5. The van der Waals surface area contributed by atoms with Gasteiger partial charge in [-0.25, -0.2) is 0 Å². The first kappa shape index (κ1) is 24.2. The van der Waals surface area contributed by atoms with Crippen LogP contribution < -0.4 is 5.73 Å². The van der Waals surface area contributed by atoms with Gasteiger partial charge in [0.1, 0.15) is 6.61 Å². The highest BCUT2D eigenvalue weighted by Crippen LogP contribution is 2.43. The minimum Gasteiger partial charge on any atom is -0.387 e. The smallest absolute Gasteiger partial charge is 0.248 e. The second kappa shape index (κ2) is 11.5. The van der Waals surface area contributed by atoms with Crippen molar-refractivity contribution in [1.29, 1.82) is 0 Å². The predicted octanol–water partition coefficient (Wildman–Crippen LogP) is 3.68. The molecular formula is C27H41N3O3. The van der Waals surface area contributed by atoms with Crippen LogP contribution in [-0.2, 0) is 4.79 Å². The second-order valence-electron chi connectivity index (χ2n) is 10.5. The highest BCUT2D eigenvalue weighted by Gasteiger charge is 2.41. The Hall–Kier alpha value is -1.92. The summed E-state index contributed by atoms with van der Waals surface area (Å²) in [5.41, 5.74) is 7.30. The van der Waals surface area contributed by atoms with Crippen LogP contribution in [0.1, 0.15) is 92.5 Å². The number of aliphatic hydroxyl groups is 1. The Morgan fingerprint density at radius 1 is 1.03 bits per heavy atom. The molecule has 2 atom stereocenters. The maximum atomic E-state index is 12.4. The Balaban J connectivity index is 1.29. The fourth-order valence-corrected chi connectivity index (χ4v) is 6.60. The summed E-state index contributed by atoms with van der Waals surface area (Å²) in [6, 6.07) is 8.88. The summed E-state index contributed by atoms with van der Waals surface area (Å²) in [5, 5.41) is 9.49. The monoisotopic (exact) mass is 455 g/mol. The zero-order valence-electron chi connectivity index (χ0n) is 20.0. The van der Waals surface area contributed by atoms with Gasteiger partial charge < -0.3 is 15.7 Å². The summed E-state index contributed by atoms with van der Waals surface area (Å²) in [6.45, 7) is 1.97. The van der Waals surface area contributed by atoms with Crippen LogP contribution >= 0.6 is 0 Å². The Labute approximate surface area is 198 Å². The standard InChI is InChI=1S/C27H41N3O3/c28-27(33)22-10-4-9-21(16-22)23-17-24-11-12-25(18-23)30(24)15-14-29(26(32)19-31)13-5-8-20-6-2-1-3-7-20/h4,9-10,16,20,23-25,31H,1-3,5-8,11-15,17-19H2,(H2,28,33). The summed E-state index contributed by atoms with van der Waals surface area (Å²) in [5.74, 6) is 0.787. The topological polar surface area (TPSA) is 86.9 Å². The maximum absolute atomic E-state index is 12.4. The maximum Gasteiger partial charge on any atom is 0.248 e. The predicted molar refractivity (Wildman–Crippen MR) is 130 cm³/mol. The van der Waals surface area contributed by atoms with E-state index in [4.69, 9.17) is 5.73 Å². The van der Waals surface area contributed by atoms with Crippen LogP contribution in [0.3, 0.4) is 0 Å². The number of fused-ring (bicyclic) bond motifs is 2. The van der Waals surface area contributed by atoms with E-state index in [2.05, 4.69) is 11.0 Å². The van der Waals surface area contributed by atoms with Crippen molar-refractivity contribution in [3.05, 3.63) is 35.4 Å². The molecule has 2 bridgehead atoms. The third-order valence-corrected chi connectivity index (χ3v) is 8.41. The van der Waals surface area contributed by atoms with E-state index >= 15 is 0 Å². The largest absolute Gasteiger partial charge is 0.387 e. The number of piperidine rings is 1. The molecule has 1 aliphatic carbocycles. The molecule has 182 valence electrons. The van der Waals surface area contributed by atoms with Crippen LogP contribution in [0, 0.1) is 5.92 Å². The lowest BCUT2D eigenvalue weighted by molar-refractivity contribution is -0.134. The molecule has 3 aliphatic rings. The zero-order valence-corrected chi connectivity index (χ0v) is 20.0. The highest BCUT2D eigenvalue weighted by molar-refractivity contribution is 5.92. The summed E-state index contributed by atoms with van der Waals surface area (Å²) in [7, 11) is 0. The molecule has 0 radical (unpaired) electrons. The van der Waals surface area contributed by atoms with Crippen LogP contribution in [0.4, 0.5) is 0 Å². The van der Waals surface area contributed by atoms with Gasteiger partial charge in [-0.15, -0.1) is 0 Å². The molecular weight excluding hydrogens is 414 g/mol. The Kier molecular flexibility index (Phi) is 8.42. The average molecular weight is 456 g/mol. The van der Waals surface area contributed by atoms with Crippen LogP contribution in [0.25, 0.3) is 0 Å². The van der Waals surface area contributed by atoms with Crippen molar-refractivity contribution in [3.8, 4) is 0 Å². The molecule has 2 saturated heterocycles. The molecule has 33 heavy (non-hydrogen) atoms. The van der Waals surface area contributed by atoms with E-state index in [1.165, 1.54) is 56.9 Å². The lowest BCUT2D eigenvalue weighted by Gasteiger charge is -2.40. The van der Waals surface area contributed by atoms with Crippen LogP contribution in [0.5, 0.6) is 0 Å². The molecule has 2 heterocycles. The van der Waals surface area contributed by atoms with E-state index in [0.29, 0.717) is 30.1 Å². The molecule has 1 saturated carbocycles. The molecule has 3 fully saturated rings. The van der Waals surface area contributed by atoms with Crippen LogP contribution in [-0.4, -0.2) is 65.0 Å². The molecule has 1 aromatic carbocycles. The fraction of sp³-hybridized carbons (Fsp3) is 0.704. The molecule has 6 heteroatoms. The molecule has 3 N–H and O–H groups in total. The van der Waals surface area contributed by atoms with Crippen LogP contribution in [0.2, 0.25) is 0 Å². The third-order valence-electron chi connectivity index (χ3n) is 8.41. The number of hydrogen-bond donors (Lipinski definition) is 2. The average Bonchev–Trinajstić information content (AvgIpc) is 3.07. The third kappa shape index (κ3) is 6.15. The minimum atomic E-state index is -0.394. The molecule has 4 rings (SSSR count). The van der Waals surface area contributed by atoms with Gasteiger partial charge in [-0.3, -0.25) is 14.5 Å². The Bertz CT molecular complexity index is 794. The van der Waals surface area contributed by atoms with Crippen molar-refractivity contribution in [2.24, 2.45) is 11.7 Å². The SMILES string of the molecule is NC(=O)c1cccc(C2CC3CCC(C2)N3CCN(CCCC2CCCCC2)C(=O)CO)c1. The van der Waals surface area contributed by atoms with Gasteiger partial charge in [0.25, 0.3) is 0 Å². The first-order chi connectivity index (χ1) is 16.0.